The maximum absolute atomic E-state index is 5.90. The van der Waals surface area contributed by atoms with Gasteiger partial charge in [0.05, 0.1) is 28.3 Å². The summed E-state index contributed by atoms with van der Waals surface area (Å²) in [4.78, 5) is 29.0. The zero-order valence-corrected chi connectivity index (χ0v) is 50.3. The molecule has 0 aliphatic carbocycles. The Labute approximate surface area is 482 Å². The van der Waals surface area contributed by atoms with Gasteiger partial charge < -0.3 is 9.97 Å². The second-order valence-electron chi connectivity index (χ2n) is 24.3. The molecule has 2 N–H and O–H groups in total. The van der Waals surface area contributed by atoms with Crippen molar-refractivity contribution < 1.29 is 0 Å². The predicted octanol–water partition coefficient (Wildman–Crippen LogP) is 22.8. The maximum Gasteiger partial charge on any atom is 0.0752 e. The van der Waals surface area contributed by atoms with Gasteiger partial charge in [-0.05, 0) is 110 Å². The molecule has 0 amide bonds. The number of aromatic amines is 2. The number of aromatic nitrogens is 6. The Morgan fingerprint density at radius 1 is 0.300 bits per heavy atom. The number of hydrogen-bond donors (Lipinski definition) is 2. The number of nitrogens with one attached hydrogen (secondary N) is 2. The van der Waals surface area contributed by atoms with Crippen LogP contribution in [0.4, 0.5) is 0 Å². The molecule has 2 aliphatic rings. The van der Waals surface area contributed by atoms with Crippen molar-refractivity contribution in [1.82, 2.24) is 29.9 Å². The first-order valence-corrected chi connectivity index (χ1v) is 33.1. The maximum atomic E-state index is 5.90. The van der Waals surface area contributed by atoms with Crippen LogP contribution in [0.2, 0.25) is 0 Å². The fraction of sp³-hybridized carbons (Fsp3) is 0.541. The van der Waals surface area contributed by atoms with E-state index in [1.54, 1.807) is 0 Å². The molecule has 2 aliphatic heterocycles. The van der Waals surface area contributed by atoms with Crippen LogP contribution in [0, 0.1) is 0 Å². The van der Waals surface area contributed by atoms with Crippen LogP contribution in [0.15, 0.2) is 85.5 Å². The number of H-pyrrole nitrogens is 2. The molecule has 0 unspecified atom stereocenters. The molecule has 0 radical (unpaired) electrons. The van der Waals surface area contributed by atoms with Crippen molar-refractivity contribution in [2.75, 3.05) is 0 Å². The van der Waals surface area contributed by atoms with Crippen LogP contribution in [-0.4, -0.2) is 29.9 Å². The van der Waals surface area contributed by atoms with Crippen molar-refractivity contribution in [1.29, 1.82) is 0 Å². The Hall–Kier alpha value is -5.62. The van der Waals surface area contributed by atoms with E-state index in [4.69, 9.17) is 19.9 Å². The van der Waals surface area contributed by atoms with E-state index >= 15 is 0 Å². The van der Waals surface area contributed by atoms with Gasteiger partial charge in [0.25, 0.3) is 0 Å². The van der Waals surface area contributed by atoms with E-state index in [0.717, 1.165) is 86.9 Å². The van der Waals surface area contributed by atoms with Gasteiger partial charge in [0.15, 0.2) is 0 Å². The molecule has 80 heavy (non-hydrogen) atoms. The zero-order chi connectivity index (χ0) is 55.1. The van der Waals surface area contributed by atoms with E-state index in [2.05, 4.69) is 98.3 Å². The summed E-state index contributed by atoms with van der Waals surface area (Å²) < 4.78 is 0. The number of nitrogens with zero attached hydrogens (tertiary/aromatic N) is 4. The van der Waals surface area contributed by atoms with Crippen molar-refractivity contribution >= 4 is 43.6 Å². The quantitative estimate of drug-likeness (QED) is 0.0383. The summed E-state index contributed by atoms with van der Waals surface area (Å²) in [5.41, 5.74) is 19.1. The highest BCUT2D eigenvalue weighted by molar-refractivity contribution is 6.12. The molecule has 8 bridgehead atoms. The summed E-state index contributed by atoms with van der Waals surface area (Å²) >= 11 is 0. The molecule has 0 atom stereocenters. The number of benzene rings is 2. The third-order valence-electron chi connectivity index (χ3n) is 17.9. The monoisotopic (exact) mass is 1070 g/mol. The molecule has 2 aromatic carbocycles. The first-order chi connectivity index (χ1) is 39.6. The Kier molecular flexibility index (Phi) is 23.3. The molecule has 0 fully saturated rings. The topological polar surface area (TPSA) is 83.1 Å². The molecule has 6 nitrogen and oxygen atoms in total. The molecule has 7 heterocycles. The number of fused-ring (bicyclic) bond motifs is 20. The normalized spacial score (nSPS) is 12.1. The lowest BCUT2D eigenvalue weighted by molar-refractivity contribution is 0.575. The van der Waals surface area contributed by atoms with Crippen LogP contribution in [-0.2, 0) is 25.7 Å². The van der Waals surface area contributed by atoms with Gasteiger partial charge >= 0.3 is 0 Å². The molecule has 6 heteroatoms. The molecule has 5 aromatic heterocycles. The fourth-order valence-corrected chi connectivity index (χ4v) is 13.3. The van der Waals surface area contributed by atoms with Crippen LogP contribution < -0.4 is 0 Å². The van der Waals surface area contributed by atoms with Crippen molar-refractivity contribution in [3.8, 4) is 45.0 Å². The van der Waals surface area contributed by atoms with E-state index in [9.17, 15) is 0 Å². The Morgan fingerprint density at radius 2 is 0.637 bits per heavy atom. The number of aryl methyl sites for hydroxylation is 4. The average Bonchev–Trinajstić information content (AvgIpc) is 4.26. The highest BCUT2D eigenvalue weighted by atomic mass is 14.8. The van der Waals surface area contributed by atoms with Gasteiger partial charge in [0.2, 0.25) is 0 Å². The highest BCUT2D eigenvalue weighted by Gasteiger charge is 2.25. The Bertz CT molecular complexity index is 3210. The van der Waals surface area contributed by atoms with Gasteiger partial charge in [-0.25, -0.2) is 9.97 Å². The van der Waals surface area contributed by atoms with Crippen molar-refractivity contribution in [3.05, 3.63) is 108 Å². The van der Waals surface area contributed by atoms with Gasteiger partial charge in [-0.3, -0.25) is 9.97 Å². The van der Waals surface area contributed by atoms with Gasteiger partial charge in [0, 0.05) is 85.1 Å². The highest BCUT2D eigenvalue weighted by Crippen LogP contribution is 2.45. The minimum absolute atomic E-state index is 0.946. The molecular weight excluding hydrogens is 973 g/mol. The lowest BCUT2D eigenvalue weighted by Gasteiger charge is -2.14. The van der Waals surface area contributed by atoms with E-state index in [0.29, 0.717) is 0 Å². The first kappa shape index (κ1) is 59.0. The number of hydrogen-bond acceptors (Lipinski definition) is 4. The van der Waals surface area contributed by atoms with Gasteiger partial charge in [-0.1, -0.05) is 232 Å². The largest absolute Gasteiger partial charge is 0.354 e. The third kappa shape index (κ3) is 15.5. The van der Waals surface area contributed by atoms with Crippen molar-refractivity contribution in [2.45, 2.75) is 259 Å². The number of unbranched alkanes of at least 4 members (excludes halogenated alkanes) is 28. The molecule has 0 spiro atoms. The summed E-state index contributed by atoms with van der Waals surface area (Å²) in [6.45, 7) is 9.27. The second kappa shape index (κ2) is 31.6. The van der Waals surface area contributed by atoms with Crippen molar-refractivity contribution in [2.24, 2.45) is 0 Å². The standard InChI is InChI=1S/C74H100N6/c1-5-9-13-17-21-25-29-33-37-55-41-43-57(39-35-31-27-23-19-15-11-7-3)73-69-52-70-74-58(40-36-32-28-24-20-16-12-8-4)44-42-56(38-34-30-26-22-18-14-10-6-2)72(74)68(80-70)51-66-62-54-76-48-46-60(62)64(78-66)49-63-59-45-47-75-53-61(59)65(77-63)50-67(79-69)71(55)73/h41-54,77,80H,5-40H2,1-4H3. The Morgan fingerprint density at radius 3 is 1.12 bits per heavy atom. The predicted molar refractivity (Wildman–Crippen MR) is 346 cm³/mol. The zero-order valence-electron chi connectivity index (χ0n) is 50.3. The van der Waals surface area contributed by atoms with Crippen molar-refractivity contribution in [3.63, 3.8) is 0 Å². The van der Waals surface area contributed by atoms with Crippen LogP contribution in [0.25, 0.3) is 88.6 Å². The van der Waals surface area contributed by atoms with E-state index in [1.165, 1.54) is 255 Å². The van der Waals surface area contributed by atoms with Crippen LogP contribution >= 0.6 is 0 Å². The van der Waals surface area contributed by atoms with Gasteiger partial charge in [-0.15, -0.1) is 0 Å². The van der Waals surface area contributed by atoms with Crippen LogP contribution in [0.5, 0.6) is 0 Å². The lowest BCUT2D eigenvalue weighted by Crippen LogP contribution is -1.97. The Balaban J connectivity index is 1.23. The fourth-order valence-electron chi connectivity index (χ4n) is 13.3. The first-order valence-electron chi connectivity index (χ1n) is 33.1. The van der Waals surface area contributed by atoms with Gasteiger partial charge in [0.1, 0.15) is 0 Å². The van der Waals surface area contributed by atoms with Gasteiger partial charge in [-0.2, -0.15) is 0 Å². The molecule has 9 rings (SSSR count). The SMILES string of the molecule is CCCCCCCCCCc1ccc(CCCCCCCCCC)c2c1-c1cc3[nH]c(cc4nc(cc5[nH]c(cc-2n1)c1c(CCCCCCCCCC)ccc(CCCCCCCCCC)c51)-c1cnccc1-4)c1ccncc31. The number of pyridine rings is 2. The van der Waals surface area contributed by atoms with E-state index < -0.39 is 0 Å². The summed E-state index contributed by atoms with van der Waals surface area (Å²) in [6.07, 6.45) is 54.2. The number of rotatable bonds is 36. The summed E-state index contributed by atoms with van der Waals surface area (Å²) in [5, 5.41) is 4.99. The minimum Gasteiger partial charge on any atom is -0.354 e. The minimum atomic E-state index is 0.946. The molecule has 0 saturated heterocycles. The molecule has 7 aromatic rings. The third-order valence-corrected chi connectivity index (χ3v) is 17.9. The van der Waals surface area contributed by atoms with Crippen LogP contribution in [0.3, 0.4) is 0 Å². The van der Waals surface area contributed by atoms with Crippen LogP contribution in [0.1, 0.15) is 255 Å². The van der Waals surface area contributed by atoms with E-state index in [-0.39, 0.29) is 0 Å². The molecular formula is C74H100N6. The summed E-state index contributed by atoms with van der Waals surface area (Å²) in [7, 11) is 0. The average molecular weight is 1070 g/mol. The lowest BCUT2D eigenvalue weighted by atomic mass is 9.89. The summed E-state index contributed by atoms with van der Waals surface area (Å²) in [5.74, 6) is 0. The molecule has 0 saturated carbocycles. The molecule has 426 valence electrons. The van der Waals surface area contributed by atoms with E-state index in [1.807, 2.05) is 24.8 Å². The second-order valence-corrected chi connectivity index (χ2v) is 24.3. The summed E-state index contributed by atoms with van der Waals surface area (Å²) in [6, 6.07) is 23.8. The smallest absolute Gasteiger partial charge is 0.0752 e.